The number of nitrogens with zero attached hydrogens (tertiary/aromatic N) is 4. The van der Waals surface area contributed by atoms with Crippen LogP contribution in [0.3, 0.4) is 0 Å². The second-order valence-corrected chi connectivity index (χ2v) is 5.98. The minimum Gasteiger partial charge on any atom is -0.459 e. The van der Waals surface area contributed by atoms with Crippen LogP contribution < -0.4 is 10.4 Å². The predicted octanol–water partition coefficient (Wildman–Crippen LogP) is 3.21. The maximum absolute atomic E-state index is 13.9. The maximum Gasteiger partial charge on any atom is 0.352 e. The van der Waals surface area contributed by atoms with Crippen molar-refractivity contribution in [1.29, 1.82) is 0 Å². The zero-order chi connectivity index (χ0) is 21.4. The summed E-state index contributed by atoms with van der Waals surface area (Å²) in [5.41, 5.74) is -1.20. The van der Waals surface area contributed by atoms with Gasteiger partial charge < -0.3 is 4.74 Å². The van der Waals surface area contributed by atoms with Gasteiger partial charge >= 0.3 is 5.69 Å². The molecule has 0 saturated heterocycles. The monoisotopic (exact) mass is 423 g/mol. The van der Waals surface area contributed by atoms with Gasteiger partial charge in [-0.2, -0.15) is 14.6 Å². The lowest BCUT2D eigenvalue weighted by Gasteiger charge is -2.06. The first-order valence-electron chi connectivity index (χ1n) is 8.35. The molecule has 3 heterocycles. The number of ether oxygens (including phenoxy) is 1. The summed E-state index contributed by atoms with van der Waals surface area (Å²) in [7, 11) is 0. The molecule has 1 aromatic carbocycles. The van der Waals surface area contributed by atoms with Crippen molar-refractivity contribution < 1.29 is 26.7 Å². The number of H-pyrrole nitrogens is 1. The molecular weight excluding hydrogens is 413 g/mol. The summed E-state index contributed by atoms with van der Waals surface area (Å²) in [5.74, 6) is -4.63. The molecule has 0 radical (unpaired) electrons. The third-order valence-corrected chi connectivity index (χ3v) is 4.00. The fourth-order valence-corrected chi connectivity index (χ4v) is 2.78. The Bertz CT molecular complexity index is 1270. The highest BCUT2D eigenvalue weighted by atomic mass is 19.3. The van der Waals surface area contributed by atoms with Crippen LogP contribution in [0.5, 0.6) is 6.01 Å². The SMILES string of the molecule is O=c1[nH]c(OCC(F)F)nc2c(-c3cc(F)c(F)c(F)c3)c(-c3ccccn3)nn12. The molecule has 0 atom stereocenters. The van der Waals surface area contributed by atoms with Crippen molar-refractivity contribution in [3.63, 3.8) is 0 Å². The third kappa shape index (κ3) is 3.47. The number of nitrogens with one attached hydrogen (secondary N) is 1. The summed E-state index contributed by atoms with van der Waals surface area (Å²) in [6, 6.07) is 5.58. The van der Waals surface area contributed by atoms with Crippen molar-refractivity contribution in [1.82, 2.24) is 24.6 Å². The van der Waals surface area contributed by atoms with Crippen molar-refractivity contribution >= 4 is 5.65 Å². The van der Waals surface area contributed by atoms with Crippen LogP contribution in [0.2, 0.25) is 0 Å². The fraction of sp³-hybridized carbons (Fsp3) is 0.111. The van der Waals surface area contributed by atoms with Crippen LogP contribution >= 0.6 is 0 Å². The highest BCUT2D eigenvalue weighted by Gasteiger charge is 2.23. The highest BCUT2D eigenvalue weighted by Crippen LogP contribution is 2.34. The molecule has 0 unspecified atom stereocenters. The minimum atomic E-state index is -2.83. The van der Waals surface area contributed by atoms with Crippen LogP contribution in [-0.4, -0.2) is 37.6 Å². The Balaban J connectivity index is 2.02. The molecule has 0 spiro atoms. The lowest BCUT2D eigenvalue weighted by atomic mass is 10.0. The molecule has 30 heavy (non-hydrogen) atoms. The normalized spacial score (nSPS) is 11.4. The predicted molar refractivity (Wildman–Crippen MR) is 93.6 cm³/mol. The first-order valence-corrected chi connectivity index (χ1v) is 8.35. The number of alkyl halides is 2. The van der Waals surface area contributed by atoms with Gasteiger partial charge in [-0.25, -0.2) is 26.7 Å². The molecule has 0 bridgehead atoms. The van der Waals surface area contributed by atoms with Gasteiger partial charge in [0.2, 0.25) is 0 Å². The molecule has 4 aromatic rings. The average Bonchev–Trinajstić information content (AvgIpc) is 3.11. The topological polar surface area (TPSA) is 85.2 Å². The molecule has 3 aromatic heterocycles. The van der Waals surface area contributed by atoms with Crippen LogP contribution in [0.25, 0.3) is 28.2 Å². The van der Waals surface area contributed by atoms with E-state index in [-0.39, 0.29) is 28.2 Å². The first-order chi connectivity index (χ1) is 14.3. The smallest absolute Gasteiger partial charge is 0.352 e. The van der Waals surface area contributed by atoms with E-state index in [4.69, 9.17) is 4.74 Å². The number of hydrogen-bond donors (Lipinski definition) is 1. The Morgan fingerprint density at radius 2 is 1.87 bits per heavy atom. The Hall–Kier alpha value is -3.83. The molecule has 12 heteroatoms. The van der Waals surface area contributed by atoms with Crippen LogP contribution in [-0.2, 0) is 0 Å². The standard InChI is InChI=1S/C18H10F5N5O2/c19-9-5-8(6-10(20)14(9)23)13-15(11-3-1-2-4-24-11)27-28-16(13)25-17(26-18(28)29)30-7-12(21)22/h1-6,12H,7H2,(H,25,26,29). The molecule has 7 nitrogen and oxygen atoms in total. The Morgan fingerprint density at radius 1 is 1.13 bits per heavy atom. The fourth-order valence-electron chi connectivity index (χ4n) is 2.78. The van der Waals surface area contributed by atoms with Gasteiger partial charge in [0.15, 0.2) is 29.7 Å². The van der Waals surface area contributed by atoms with E-state index < -0.39 is 42.2 Å². The molecule has 0 saturated carbocycles. The first kappa shape index (κ1) is 19.5. The number of aromatic amines is 1. The summed E-state index contributed by atoms with van der Waals surface area (Å²) < 4.78 is 71.6. The molecular formula is C18H10F5N5O2. The largest absolute Gasteiger partial charge is 0.459 e. The van der Waals surface area contributed by atoms with Crippen molar-refractivity contribution in [3.8, 4) is 28.5 Å². The van der Waals surface area contributed by atoms with E-state index in [1.54, 1.807) is 12.1 Å². The van der Waals surface area contributed by atoms with E-state index in [1.165, 1.54) is 12.3 Å². The van der Waals surface area contributed by atoms with Gasteiger partial charge in [-0.1, -0.05) is 6.07 Å². The molecule has 4 rings (SSSR count). The number of hydrogen-bond acceptors (Lipinski definition) is 5. The van der Waals surface area contributed by atoms with E-state index in [9.17, 15) is 26.7 Å². The Kier molecular flexibility index (Phi) is 4.90. The van der Waals surface area contributed by atoms with E-state index >= 15 is 0 Å². The molecule has 1 N–H and O–H groups in total. The van der Waals surface area contributed by atoms with Crippen molar-refractivity contribution in [3.05, 3.63) is 64.5 Å². The number of fused-ring (bicyclic) bond motifs is 1. The number of halogens is 5. The number of benzene rings is 1. The van der Waals surface area contributed by atoms with E-state index in [0.717, 1.165) is 4.52 Å². The van der Waals surface area contributed by atoms with Gasteiger partial charge in [-0.3, -0.25) is 9.97 Å². The van der Waals surface area contributed by atoms with Crippen LogP contribution in [0.1, 0.15) is 0 Å². The number of aromatic nitrogens is 5. The summed E-state index contributed by atoms with van der Waals surface area (Å²) in [6.07, 6.45) is -1.41. The summed E-state index contributed by atoms with van der Waals surface area (Å²) in [4.78, 5) is 22.5. The highest BCUT2D eigenvalue weighted by molar-refractivity contribution is 5.89. The lowest BCUT2D eigenvalue weighted by Crippen LogP contribution is -2.21. The van der Waals surface area contributed by atoms with Gasteiger partial charge in [0.1, 0.15) is 5.69 Å². The van der Waals surface area contributed by atoms with Crippen LogP contribution in [0, 0.1) is 17.5 Å². The Labute approximate surface area is 163 Å². The summed E-state index contributed by atoms with van der Waals surface area (Å²) >= 11 is 0. The zero-order valence-electron chi connectivity index (χ0n) is 14.7. The van der Waals surface area contributed by atoms with Gasteiger partial charge in [-0.15, -0.1) is 0 Å². The molecule has 154 valence electrons. The molecule has 0 aliphatic heterocycles. The summed E-state index contributed by atoms with van der Waals surface area (Å²) in [6.45, 7) is -1.05. The second-order valence-electron chi connectivity index (χ2n) is 5.98. The van der Waals surface area contributed by atoms with E-state index in [0.29, 0.717) is 12.1 Å². The molecule has 0 fully saturated rings. The Morgan fingerprint density at radius 3 is 2.50 bits per heavy atom. The lowest BCUT2D eigenvalue weighted by molar-refractivity contribution is 0.0768. The van der Waals surface area contributed by atoms with E-state index in [2.05, 4.69) is 20.1 Å². The van der Waals surface area contributed by atoms with Crippen LogP contribution in [0.15, 0.2) is 41.3 Å². The maximum atomic E-state index is 13.9. The summed E-state index contributed by atoms with van der Waals surface area (Å²) in [5, 5.41) is 4.08. The van der Waals surface area contributed by atoms with E-state index in [1.807, 2.05) is 0 Å². The quantitative estimate of drug-likeness (QED) is 0.394. The van der Waals surface area contributed by atoms with Crippen LogP contribution in [0.4, 0.5) is 22.0 Å². The number of rotatable bonds is 5. The van der Waals surface area contributed by atoms with Crippen molar-refractivity contribution in [2.45, 2.75) is 6.43 Å². The average molecular weight is 423 g/mol. The van der Waals surface area contributed by atoms with Gasteiger partial charge in [0.05, 0.1) is 11.3 Å². The van der Waals surface area contributed by atoms with Gasteiger partial charge in [-0.05, 0) is 29.8 Å². The van der Waals surface area contributed by atoms with Crippen molar-refractivity contribution in [2.75, 3.05) is 6.61 Å². The molecule has 0 amide bonds. The van der Waals surface area contributed by atoms with Crippen molar-refractivity contribution in [2.24, 2.45) is 0 Å². The molecule has 0 aliphatic rings. The van der Waals surface area contributed by atoms with Gasteiger partial charge in [0.25, 0.3) is 12.4 Å². The molecule has 0 aliphatic carbocycles. The third-order valence-electron chi connectivity index (χ3n) is 4.00. The number of pyridine rings is 1. The minimum absolute atomic E-state index is 0.00465. The zero-order valence-corrected chi connectivity index (χ0v) is 14.7. The van der Waals surface area contributed by atoms with Gasteiger partial charge in [0, 0.05) is 6.20 Å². The second kappa shape index (κ2) is 7.54.